The Morgan fingerprint density at radius 1 is 1.03 bits per heavy atom. The number of benzene rings is 2. The molecular formula is C26H32N2O3. The van der Waals surface area contributed by atoms with E-state index in [2.05, 4.69) is 5.32 Å². The van der Waals surface area contributed by atoms with Crippen LogP contribution in [-0.4, -0.2) is 35.4 Å². The summed E-state index contributed by atoms with van der Waals surface area (Å²) in [6.07, 6.45) is 6.11. The maximum atomic E-state index is 13.8. The molecule has 0 aromatic heterocycles. The Kier molecular flexibility index (Phi) is 6.30. The van der Waals surface area contributed by atoms with E-state index in [0.29, 0.717) is 13.0 Å². The molecule has 1 heterocycles. The molecule has 1 N–H and O–H groups in total. The predicted octanol–water partition coefficient (Wildman–Crippen LogP) is 4.10. The van der Waals surface area contributed by atoms with Crippen LogP contribution in [-0.2, 0) is 22.6 Å². The van der Waals surface area contributed by atoms with E-state index in [9.17, 15) is 9.59 Å². The second kappa shape index (κ2) is 9.13. The summed E-state index contributed by atoms with van der Waals surface area (Å²) in [5.41, 5.74) is 1.19. The van der Waals surface area contributed by atoms with E-state index in [4.69, 9.17) is 4.74 Å². The van der Waals surface area contributed by atoms with Crippen LogP contribution in [0.2, 0.25) is 0 Å². The minimum Gasteiger partial charge on any atom is -0.497 e. The van der Waals surface area contributed by atoms with Gasteiger partial charge in [0.2, 0.25) is 11.8 Å². The largest absolute Gasteiger partial charge is 0.497 e. The quantitative estimate of drug-likeness (QED) is 0.686. The highest BCUT2D eigenvalue weighted by molar-refractivity contribution is 6.03. The first-order valence-electron chi connectivity index (χ1n) is 11.3. The summed E-state index contributed by atoms with van der Waals surface area (Å²) in [5, 5.41) is 3.31. The zero-order valence-corrected chi connectivity index (χ0v) is 18.5. The van der Waals surface area contributed by atoms with Crippen molar-refractivity contribution in [2.45, 2.75) is 63.6 Å². The third kappa shape index (κ3) is 4.18. The Labute approximate surface area is 184 Å². The Balaban J connectivity index is 1.62. The molecule has 2 amide bonds. The fourth-order valence-electron chi connectivity index (χ4n) is 5.05. The Morgan fingerprint density at radius 3 is 2.35 bits per heavy atom. The summed E-state index contributed by atoms with van der Waals surface area (Å²) >= 11 is 0. The maximum absolute atomic E-state index is 13.8. The number of nitrogens with one attached hydrogen (secondary N) is 1. The molecule has 5 heteroatoms. The SMILES string of the molecule is COc1ccc(CN2C(=O)[C@@H](C)[C@@]2(Cc2ccccc2)C(=O)NC2CCCCC2)cc1. The highest BCUT2D eigenvalue weighted by atomic mass is 16.5. The molecule has 0 bridgehead atoms. The van der Waals surface area contributed by atoms with Gasteiger partial charge in [-0.1, -0.05) is 68.7 Å². The van der Waals surface area contributed by atoms with Gasteiger partial charge >= 0.3 is 0 Å². The molecule has 0 radical (unpaired) electrons. The van der Waals surface area contributed by atoms with Gasteiger partial charge in [0.1, 0.15) is 11.3 Å². The van der Waals surface area contributed by atoms with Crippen molar-refractivity contribution in [3.05, 3.63) is 65.7 Å². The van der Waals surface area contributed by atoms with Gasteiger partial charge in [-0.25, -0.2) is 0 Å². The average Bonchev–Trinajstić information content (AvgIpc) is 2.82. The third-order valence-electron chi connectivity index (χ3n) is 6.98. The van der Waals surface area contributed by atoms with E-state index in [0.717, 1.165) is 42.6 Å². The van der Waals surface area contributed by atoms with Crippen molar-refractivity contribution >= 4 is 11.8 Å². The molecule has 2 aliphatic rings. The lowest BCUT2D eigenvalue weighted by molar-refractivity contribution is -0.179. The van der Waals surface area contributed by atoms with Crippen LogP contribution in [0.3, 0.4) is 0 Å². The van der Waals surface area contributed by atoms with Crippen molar-refractivity contribution in [1.82, 2.24) is 10.2 Å². The number of methoxy groups -OCH3 is 1. The van der Waals surface area contributed by atoms with Gasteiger partial charge < -0.3 is 15.0 Å². The molecule has 2 aromatic rings. The van der Waals surface area contributed by atoms with Crippen molar-refractivity contribution < 1.29 is 14.3 Å². The molecule has 1 aliphatic heterocycles. The van der Waals surface area contributed by atoms with Crippen molar-refractivity contribution in [2.75, 3.05) is 7.11 Å². The normalized spacial score (nSPS) is 23.9. The number of rotatable bonds is 7. The van der Waals surface area contributed by atoms with E-state index in [1.165, 1.54) is 6.42 Å². The van der Waals surface area contributed by atoms with Crippen molar-refractivity contribution in [3.63, 3.8) is 0 Å². The summed E-state index contributed by atoms with van der Waals surface area (Å²) in [6.45, 7) is 2.31. The number of β-lactam (4-membered cyclic amide) rings is 1. The van der Waals surface area contributed by atoms with E-state index in [1.54, 1.807) is 12.0 Å². The number of hydrogen-bond donors (Lipinski definition) is 1. The van der Waals surface area contributed by atoms with Gasteiger partial charge in [-0.05, 0) is 36.1 Å². The van der Waals surface area contributed by atoms with Crippen LogP contribution in [0.25, 0.3) is 0 Å². The van der Waals surface area contributed by atoms with Gasteiger partial charge in [0, 0.05) is 19.0 Å². The van der Waals surface area contributed by atoms with Gasteiger partial charge in [-0.15, -0.1) is 0 Å². The zero-order chi connectivity index (χ0) is 21.8. The van der Waals surface area contributed by atoms with Gasteiger partial charge in [-0.2, -0.15) is 0 Å². The number of carbonyl (C=O) groups excluding carboxylic acids is 2. The summed E-state index contributed by atoms with van der Waals surface area (Å²) in [6, 6.07) is 17.9. The monoisotopic (exact) mass is 420 g/mol. The molecule has 2 aromatic carbocycles. The topological polar surface area (TPSA) is 58.6 Å². The van der Waals surface area contributed by atoms with Crippen LogP contribution in [0.15, 0.2) is 54.6 Å². The number of nitrogens with zero attached hydrogens (tertiary/aromatic N) is 1. The molecule has 4 rings (SSSR count). The van der Waals surface area contributed by atoms with Crippen LogP contribution in [0.5, 0.6) is 5.75 Å². The van der Waals surface area contributed by atoms with Gasteiger partial charge in [0.05, 0.1) is 13.0 Å². The molecule has 2 atom stereocenters. The summed E-state index contributed by atoms with van der Waals surface area (Å²) in [4.78, 5) is 28.5. The summed E-state index contributed by atoms with van der Waals surface area (Å²) in [5.74, 6) is 0.446. The minimum absolute atomic E-state index is 0.0103. The van der Waals surface area contributed by atoms with Gasteiger partial charge in [0.25, 0.3) is 0 Å². The van der Waals surface area contributed by atoms with Crippen LogP contribution in [0, 0.1) is 5.92 Å². The predicted molar refractivity (Wildman–Crippen MR) is 121 cm³/mol. The summed E-state index contributed by atoms with van der Waals surface area (Å²) < 4.78 is 5.25. The molecule has 31 heavy (non-hydrogen) atoms. The second-order valence-electron chi connectivity index (χ2n) is 8.89. The second-order valence-corrected chi connectivity index (χ2v) is 8.89. The lowest BCUT2D eigenvalue weighted by Crippen LogP contribution is -2.76. The molecule has 0 unspecified atom stereocenters. The van der Waals surface area contributed by atoms with Crippen LogP contribution >= 0.6 is 0 Å². The van der Waals surface area contributed by atoms with Crippen molar-refractivity contribution in [2.24, 2.45) is 5.92 Å². The van der Waals surface area contributed by atoms with E-state index >= 15 is 0 Å². The van der Waals surface area contributed by atoms with Gasteiger partial charge in [0.15, 0.2) is 0 Å². The smallest absolute Gasteiger partial charge is 0.247 e. The zero-order valence-electron chi connectivity index (χ0n) is 18.5. The molecule has 1 saturated heterocycles. The molecule has 0 spiro atoms. The maximum Gasteiger partial charge on any atom is 0.247 e. The highest BCUT2D eigenvalue weighted by Crippen LogP contribution is 2.42. The lowest BCUT2D eigenvalue weighted by atomic mass is 9.69. The van der Waals surface area contributed by atoms with Crippen LogP contribution in [0.4, 0.5) is 0 Å². The van der Waals surface area contributed by atoms with E-state index in [1.807, 2.05) is 61.5 Å². The van der Waals surface area contributed by atoms with Gasteiger partial charge in [-0.3, -0.25) is 9.59 Å². The number of ether oxygens (including phenoxy) is 1. The number of hydrogen-bond acceptors (Lipinski definition) is 3. The Bertz CT molecular complexity index is 906. The highest BCUT2D eigenvalue weighted by Gasteiger charge is 2.62. The fourth-order valence-corrected chi connectivity index (χ4v) is 5.05. The number of carbonyl (C=O) groups is 2. The molecule has 164 valence electrons. The fraction of sp³-hybridized carbons (Fsp3) is 0.462. The first-order valence-corrected chi connectivity index (χ1v) is 11.3. The van der Waals surface area contributed by atoms with Crippen molar-refractivity contribution in [1.29, 1.82) is 0 Å². The Hall–Kier alpha value is -2.82. The third-order valence-corrected chi connectivity index (χ3v) is 6.98. The Morgan fingerprint density at radius 2 is 1.71 bits per heavy atom. The first kappa shape index (κ1) is 21.4. The molecule has 1 aliphatic carbocycles. The minimum atomic E-state index is -0.865. The molecular weight excluding hydrogens is 388 g/mol. The lowest BCUT2D eigenvalue weighted by Gasteiger charge is -2.56. The standard InChI is InChI=1S/C26H32N2O3/c1-19-24(29)28(18-21-13-15-23(31-2)16-14-21)26(19,17-20-9-5-3-6-10-20)25(30)27-22-11-7-4-8-12-22/h3,5-6,9-10,13-16,19,22H,4,7-8,11-12,17-18H2,1-2H3,(H,27,30)/t19-,26+/m1/s1. The average molecular weight is 421 g/mol. The summed E-state index contributed by atoms with van der Waals surface area (Å²) in [7, 11) is 1.64. The van der Waals surface area contributed by atoms with Crippen LogP contribution < -0.4 is 10.1 Å². The van der Waals surface area contributed by atoms with E-state index in [-0.39, 0.29) is 23.8 Å². The molecule has 2 fully saturated rings. The van der Waals surface area contributed by atoms with E-state index < -0.39 is 5.54 Å². The molecule has 1 saturated carbocycles. The van der Waals surface area contributed by atoms with Crippen molar-refractivity contribution in [3.8, 4) is 5.75 Å². The molecule has 5 nitrogen and oxygen atoms in total. The number of amides is 2. The first-order chi connectivity index (χ1) is 15.0. The number of likely N-dealkylation sites (tertiary alicyclic amines) is 1. The van der Waals surface area contributed by atoms with Crippen LogP contribution in [0.1, 0.15) is 50.2 Å².